The predicted octanol–water partition coefficient (Wildman–Crippen LogP) is 4.80. The Morgan fingerprint density at radius 1 is 1.14 bits per heavy atom. The van der Waals surface area contributed by atoms with Crippen LogP contribution in [0.25, 0.3) is 10.9 Å². The maximum Gasteiger partial charge on any atom is 0.228 e. The van der Waals surface area contributed by atoms with Crippen LogP contribution in [0.2, 0.25) is 10.0 Å². The summed E-state index contributed by atoms with van der Waals surface area (Å²) in [6, 6.07) is 9.23. The van der Waals surface area contributed by atoms with E-state index in [0.717, 1.165) is 11.1 Å². The molecule has 1 aromatic heterocycles. The molecule has 1 heterocycles. The number of nitrogens with one attached hydrogen (secondary N) is 2. The van der Waals surface area contributed by atoms with Gasteiger partial charge in [-0.2, -0.15) is 0 Å². The molecule has 112 valence electrons. The molecule has 3 nitrogen and oxygen atoms in total. The van der Waals surface area contributed by atoms with Crippen LogP contribution in [-0.4, -0.2) is 10.9 Å². The molecule has 0 spiro atoms. The first-order valence-electron chi connectivity index (χ1n) is 6.53. The predicted molar refractivity (Wildman–Crippen MR) is 87.1 cm³/mol. The topological polar surface area (TPSA) is 44.9 Å². The summed E-state index contributed by atoms with van der Waals surface area (Å²) in [4.78, 5) is 15.1. The highest BCUT2D eigenvalue weighted by Gasteiger charge is 2.10. The van der Waals surface area contributed by atoms with Crippen molar-refractivity contribution in [2.24, 2.45) is 0 Å². The molecule has 22 heavy (non-hydrogen) atoms. The van der Waals surface area contributed by atoms with Crippen LogP contribution in [-0.2, 0) is 11.2 Å². The highest BCUT2D eigenvalue weighted by Crippen LogP contribution is 2.23. The third kappa shape index (κ3) is 3.24. The molecule has 0 saturated heterocycles. The van der Waals surface area contributed by atoms with E-state index in [-0.39, 0.29) is 18.1 Å². The van der Waals surface area contributed by atoms with E-state index in [4.69, 9.17) is 23.2 Å². The minimum atomic E-state index is -0.338. The second kappa shape index (κ2) is 5.99. The van der Waals surface area contributed by atoms with Gasteiger partial charge in [-0.05, 0) is 42.0 Å². The summed E-state index contributed by atoms with van der Waals surface area (Å²) in [5.41, 5.74) is 2.03. The van der Waals surface area contributed by atoms with Crippen LogP contribution in [0.3, 0.4) is 0 Å². The fourth-order valence-electron chi connectivity index (χ4n) is 2.30. The number of rotatable bonds is 3. The smallest absolute Gasteiger partial charge is 0.228 e. The van der Waals surface area contributed by atoms with E-state index in [0.29, 0.717) is 21.1 Å². The SMILES string of the molecule is O=C(Cc1c[nH]c2ccc(F)cc12)Nc1cc(Cl)cc(Cl)c1. The molecule has 0 saturated carbocycles. The zero-order valence-corrected chi connectivity index (χ0v) is 12.8. The van der Waals surface area contributed by atoms with Crippen LogP contribution in [0.1, 0.15) is 5.56 Å². The molecular formula is C16H11Cl2FN2O. The lowest BCUT2D eigenvalue weighted by molar-refractivity contribution is -0.115. The van der Waals surface area contributed by atoms with Gasteiger partial charge in [0.15, 0.2) is 0 Å². The molecule has 0 bridgehead atoms. The Morgan fingerprint density at radius 3 is 2.59 bits per heavy atom. The fourth-order valence-corrected chi connectivity index (χ4v) is 2.83. The molecular weight excluding hydrogens is 326 g/mol. The minimum absolute atomic E-state index is 0.119. The molecule has 3 rings (SSSR count). The third-order valence-electron chi connectivity index (χ3n) is 3.23. The lowest BCUT2D eigenvalue weighted by Gasteiger charge is -2.06. The van der Waals surface area contributed by atoms with E-state index in [9.17, 15) is 9.18 Å². The van der Waals surface area contributed by atoms with E-state index in [2.05, 4.69) is 10.3 Å². The Kier molecular flexibility index (Phi) is 4.05. The average molecular weight is 337 g/mol. The van der Waals surface area contributed by atoms with Gasteiger partial charge < -0.3 is 10.3 Å². The van der Waals surface area contributed by atoms with Gasteiger partial charge >= 0.3 is 0 Å². The van der Waals surface area contributed by atoms with Crippen molar-refractivity contribution in [2.45, 2.75) is 6.42 Å². The summed E-state index contributed by atoms with van der Waals surface area (Å²) in [5, 5.41) is 4.30. The number of anilines is 1. The number of hydrogen-bond acceptors (Lipinski definition) is 1. The van der Waals surface area contributed by atoms with Gasteiger partial charge in [0.05, 0.1) is 6.42 Å². The maximum atomic E-state index is 13.3. The molecule has 0 unspecified atom stereocenters. The Bertz CT molecular complexity index is 840. The lowest BCUT2D eigenvalue weighted by Crippen LogP contribution is -2.14. The highest BCUT2D eigenvalue weighted by molar-refractivity contribution is 6.35. The van der Waals surface area contributed by atoms with Crippen molar-refractivity contribution in [1.29, 1.82) is 0 Å². The number of amides is 1. The van der Waals surface area contributed by atoms with Gasteiger partial charge in [0.25, 0.3) is 0 Å². The summed E-state index contributed by atoms with van der Waals surface area (Å²) >= 11 is 11.8. The first-order chi connectivity index (χ1) is 10.5. The van der Waals surface area contributed by atoms with Gasteiger partial charge in [-0.1, -0.05) is 23.2 Å². The highest BCUT2D eigenvalue weighted by atomic mass is 35.5. The number of halogens is 3. The average Bonchev–Trinajstić information content (AvgIpc) is 2.80. The second-order valence-corrected chi connectivity index (χ2v) is 5.76. The van der Waals surface area contributed by atoms with Crippen molar-refractivity contribution in [3.63, 3.8) is 0 Å². The monoisotopic (exact) mass is 336 g/mol. The van der Waals surface area contributed by atoms with Crippen molar-refractivity contribution >= 4 is 45.7 Å². The van der Waals surface area contributed by atoms with Crippen molar-refractivity contribution in [3.8, 4) is 0 Å². The van der Waals surface area contributed by atoms with Crippen LogP contribution < -0.4 is 5.32 Å². The Morgan fingerprint density at radius 2 is 1.86 bits per heavy atom. The molecule has 0 aliphatic rings. The Balaban J connectivity index is 1.79. The normalized spacial score (nSPS) is 10.9. The van der Waals surface area contributed by atoms with Crippen LogP contribution >= 0.6 is 23.2 Å². The number of carbonyl (C=O) groups excluding carboxylic acids is 1. The number of H-pyrrole nitrogens is 1. The molecule has 0 fully saturated rings. The number of hydrogen-bond donors (Lipinski definition) is 2. The van der Waals surface area contributed by atoms with Crippen LogP contribution in [0.5, 0.6) is 0 Å². The second-order valence-electron chi connectivity index (χ2n) is 4.89. The van der Waals surface area contributed by atoms with Crippen LogP contribution in [0.15, 0.2) is 42.6 Å². The third-order valence-corrected chi connectivity index (χ3v) is 3.66. The van der Waals surface area contributed by atoms with Crippen molar-refractivity contribution in [2.75, 3.05) is 5.32 Å². The molecule has 2 N–H and O–H groups in total. The van der Waals surface area contributed by atoms with Crippen molar-refractivity contribution in [1.82, 2.24) is 4.98 Å². The van der Waals surface area contributed by atoms with E-state index in [1.54, 1.807) is 30.5 Å². The van der Waals surface area contributed by atoms with Gasteiger partial charge in [-0.3, -0.25) is 4.79 Å². The number of benzene rings is 2. The summed E-state index contributed by atoms with van der Waals surface area (Å²) in [5.74, 6) is -0.570. The standard InChI is InChI=1S/C16H11Cl2FN2O/c17-10-4-11(18)6-13(5-10)21-16(22)3-9-8-20-15-2-1-12(19)7-14(9)15/h1-2,4-8,20H,3H2,(H,21,22). The van der Waals surface area contributed by atoms with Gasteiger partial charge in [0, 0.05) is 32.8 Å². The van der Waals surface area contributed by atoms with E-state index >= 15 is 0 Å². The molecule has 1 amide bonds. The van der Waals surface area contributed by atoms with Gasteiger partial charge in [-0.15, -0.1) is 0 Å². The van der Waals surface area contributed by atoms with Gasteiger partial charge in [0.2, 0.25) is 5.91 Å². The molecule has 2 aromatic carbocycles. The molecule has 0 aliphatic heterocycles. The zero-order valence-electron chi connectivity index (χ0n) is 11.3. The number of carbonyl (C=O) groups is 1. The van der Waals surface area contributed by atoms with Gasteiger partial charge in [0.1, 0.15) is 5.82 Å². The minimum Gasteiger partial charge on any atom is -0.361 e. The van der Waals surface area contributed by atoms with E-state index in [1.807, 2.05) is 0 Å². The molecule has 0 atom stereocenters. The lowest BCUT2D eigenvalue weighted by atomic mass is 10.1. The van der Waals surface area contributed by atoms with E-state index < -0.39 is 0 Å². The first kappa shape index (κ1) is 14.9. The van der Waals surface area contributed by atoms with Crippen molar-refractivity contribution in [3.05, 3.63) is 64.0 Å². The number of fused-ring (bicyclic) bond motifs is 1. The molecule has 0 radical (unpaired) electrons. The maximum absolute atomic E-state index is 13.3. The Labute approximate surface area is 136 Å². The summed E-state index contributed by atoms with van der Waals surface area (Å²) < 4.78 is 13.3. The Hall–Kier alpha value is -2.04. The number of aromatic amines is 1. The van der Waals surface area contributed by atoms with Crippen LogP contribution in [0, 0.1) is 5.82 Å². The zero-order chi connectivity index (χ0) is 15.7. The number of aromatic nitrogens is 1. The van der Waals surface area contributed by atoms with E-state index in [1.165, 1.54) is 12.1 Å². The molecule has 3 aromatic rings. The van der Waals surface area contributed by atoms with Gasteiger partial charge in [-0.25, -0.2) is 4.39 Å². The van der Waals surface area contributed by atoms with Crippen LogP contribution in [0.4, 0.5) is 10.1 Å². The fraction of sp³-hybridized carbons (Fsp3) is 0.0625. The summed E-state index contributed by atoms with van der Waals surface area (Å²) in [6.45, 7) is 0. The van der Waals surface area contributed by atoms with Crippen molar-refractivity contribution < 1.29 is 9.18 Å². The summed E-state index contributed by atoms with van der Waals surface area (Å²) in [7, 11) is 0. The quantitative estimate of drug-likeness (QED) is 0.709. The molecule has 0 aliphatic carbocycles. The largest absolute Gasteiger partial charge is 0.361 e. The first-order valence-corrected chi connectivity index (χ1v) is 7.28. The summed E-state index contributed by atoms with van der Waals surface area (Å²) in [6.07, 6.45) is 1.82. The molecule has 6 heteroatoms.